The highest BCUT2D eigenvalue weighted by molar-refractivity contribution is 5.93. The van der Waals surface area contributed by atoms with Gasteiger partial charge in [-0.2, -0.15) is 5.10 Å². The number of hydrogen-bond acceptors (Lipinski definition) is 3. The Morgan fingerprint density at radius 2 is 1.96 bits per heavy atom. The molecule has 0 spiro atoms. The number of nitrogens with one attached hydrogen (secondary N) is 1. The van der Waals surface area contributed by atoms with E-state index in [2.05, 4.69) is 10.4 Å². The number of carbonyl (C=O) groups excluding carboxylic acids is 1. The summed E-state index contributed by atoms with van der Waals surface area (Å²) < 4.78 is 15.3. The minimum atomic E-state index is -0.284. The van der Waals surface area contributed by atoms with E-state index in [-0.39, 0.29) is 17.8 Å². The largest absolute Gasteiger partial charge is 0.350 e. The van der Waals surface area contributed by atoms with Crippen LogP contribution in [0.3, 0.4) is 0 Å². The van der Waals surface area contributed by atoms with E-state index in [0.717, 1.165) is 11.1 Å². The average Bonchev–Trinajstić information content (AvgIpc) is 3.11. The van der Waals surface area contributed by atoms with Crippen LogP contribution in [0.2, 0.25) is 0 Å². The molecule has 1 N–H and O–H groups in total. The van der Waals surface area contributed by atoms with Crippen LogP contribution in [0.15, 0.2) is 67.0 Å². The van der Waals surface area contributed by atoms with Crippen LogP contribution in [0, 0.1) is 5.82 Å². The van der Waals surface area contributed by atoms with Gasteiger partial charge in [0.15, 0.2) is 0 Å². The topological polar surface area (TPSA) is 50.2 Å². The lowest BCUT2D eigenvalue weighted by molar-refractivity contribution is 0.0942. The van der Waals surface area contributed by atoms with E-state index in [4.69, 9.17) is 0 Å². The standard InChI is InChI=1S/C21H23FN4O/c1-25(2)20(17-9-6-10-19(22)11-17)13-23-21(27)18-12-24-26(15-18)14-16-7-4-3-5-8-16/h3-12,15,20H,13-14H2,1-2H3,(H,23,27). The van der Waals surface area contributed by atoms with E-state index in [1.165, 1.54) is 12.1 Å². The van der Waals surface area contributed by atoms with Gasteiger partial charge in [0.2, 0.25) is 0 Å². The molecule has 0 fully saturated rings. The molecule has 0 bridgehead atoms. The molecule has 0 aliphatic heterocycles. The molecule has 1 aromatic heterocycles. The molecule has 3 rings (SSSR count). The number of halogens is 1. The number of hydrogen-bond donors (Lipinski definition) is 1. The molecule has 1 amide bonds. The van der Waals surface area contributed by atoms with Gasteiger partial charge < -0.3 is 10.2 Å². The fraction of sp³-hybridized carbons (Fsp3) is 0.238. The number of aromatic nitrogens is 2. The second-order valence-corrected chi connectivity index (χ2v) is 6.66. The molecule has 1 unspecified atom stereocenters. The number of amides is 1. The molecule has 1 atom stereocenters. The Labute approximate surface area is 158 Å². The van der Waals surface area contributed by atoms with Crippen molar-refractivity contribution in [2.24, 2.45) is 0 Å². The number of rotatable bonds is 7. The highest BCUT2D eigenvalue weighted by Gasteiger charge is 2.17. The van der Waals surface area contributed by atoms with Crippen molar-refractivity contribution in [3.63, 3.8) is 0 Å². The SMILES string of the molecule is CN(C)C(CNC(=O)c1cnn(Cc2ccccc2)c1)c1cccc(F)c1. The van der Waals surface area contributed by atoms with Crippen LogP contribution in [0.5, 0.6) is 0 Å². The lowest BCUT2D eigenvalue weighted by Crippen LogP contribution is -2.34. The predicted octanol–water partition coefficient (Wildman–Crippen LogP) is 3.10. The monoisotopic (exact) mass is 366 g/mol. The van der Waals surface area contributed by atoms with Crippen LogP contribution >= 0.6 is 0 Å². The van der Waals surface area contributed by atoms with Gasteiger partial charge in [-0.05, 0) is 37.4 Å². The maximum atomic E-state index is 13.5. The molecule has 1 heterocycles. The third-order valence-corrected chi connectivity index (χ3v) is 4.40. The third kappa shape index (κ3) is 5.01. The Balaban J connectivity index is 1.63. The van der Waals surface area contributed by atoms with E-state index in [9.17, 15) is 9.18 Å². The molecule has 0 radical (unpaired) electrons. The molecule has 27 heavy (non-hydrogen) atoms. The lowest BCUT2D eigenvalue weighted by atomic mass is 10.1. The zero-order valence-electron chi connectivity index (χ0n) is 15.5. The van der Waals surface area contributed by atoms with E-state index in [1.807, 2.05) is 55.4 Å². The minimum absolute atomic E-state index is 0.121. The molecule has 0 aliphatic rings. The summed E-state index contributed by atoms with van der Waals surface area (Å²) in [6.07, 6.45) is 3.29. The summed E-state index contributed by atoms with van der Waals surface area (Å²) in [7, 11) is 3.80. The Bertz CT molecular complexity index is 892. The molecule has 2 aromatic carbocycles. The second kappa shape index (κ2) is 8.60. The highest BCUT2D eigenvalue weighted by Crippen LogP contribution is 2.18. The smallest absolute Gasteiger partial charge is 0.254 e. The van der Waals surface area contributed by atoms with Crippen molar-refractivity contribution in [3.8, 4) is 0 Å². The Morgan fingerprint density at radius 1 is 1.19 bits per heavy atom. The molecular weight excluding hydrogens is 343 g/mol. The average molecular weight is 366 g/mol. The Kier molecular flexibility index (Phi) is 5.98. The first kappa shape index (κ1) is 18.8. The summed E-state index contributed by atoms with van der Waals surface area (Å²) >= 11 is 0. The number of likely N-dealkylation sites (N-methyl/N-ethyl adjacent to an activating group) is 1. The van der Waals surface area contributed by atoms with Crippen molar-refractivity contribution in [1.82, 2.24) is 20.0 Å². The second-order valence-electron chi connectivity index (χ2n) is 6.66. The van der Waals surface area contributed by atoms with Crippen LogP contribution in [-0.4, -0.2) is 41.2 Å². The number of carbonyl (C=O) groups is 1. The van der Waals surface area contributed by atoms with Crippen LogP contribution < -0.4 is 5.32 Å². The van der Waals surface area contributed by atoms with Crippen LogP contribution in [0.25, 0.3) is 0 Å². The molecule has 3 aromatic rings. The van der Waals surface area contributed by atoms with Gasteiger partial charge in [0.05, 0.1) is 24.3 Å². The maximum Gasteiger partial charge on any atom is 0.254 e. The molecule has 0 saturated heterocycles. The highest BCUT2D eigenvalue weighted by atomic mass is 19.1. The van der Waals surface area contributed by atoms with Gasteiger partial charge in [0, 0.05) is 12.7 Å². The summed E-state index contributed by atoms with van der Waals surface area (Å²) in [6.45, 7) is 0.983. The van der Waals surface area contributed by atoms with Gasteiger partial charge in [-0.3, -0.25) is 9.48 Å². The van der Waals surface area contributed by atoms with E-state index in [0.29, 0.717) is 18.7 Å². The van der Waals surface area contributed by atoms with Crippen molar-refractivity contribution in [1.29, 1.82) is 0 Å². The van der Waals surface area contributed by atoms with Gasteiger partial charge in [-0.25, -0.2) is 4.39 Å². The molecular formula is C21H23FN4O. The lowest BCUT2D eigenvalue weighted by Gasteiger charge is -2.25. The first-order chi connectivity index (χ1) is 13.0. The molecule has 0 saturated carbocycles. The molecule has 0 aliphatic carbocycles. The van der Waals surface area contributed by atoms with Gasteiger partial charge >= 0.3 is 0 Å². The quantitative estimate of drug-likeness (QED) is 0.699. The van der Waals surface area contributed by atoms with Crippen molar-refractivity contribution in [2.75, 3.05) is 20.6 Å². The summed E-state index contributed by atoms with van der Waals surface area (Å²) in [4.78, 5) is 14.4. The molecule has 5 nitrogen and oxygen atoms in total. The summed E-state index contributed by atoms with van der Waals surface area (Å²) in [5, 5.41) is 7.18. The molecule has 140 valence electrons. The third-order valence-electron chi connectivity index (χ3n) is 4.40. The first-order valence-electron chi connectivity index (χ1n) is 8.79. The minimum Gasteiger partial charge on any atom is -0.350 e. The normalized spacial score (nSPS) is 12.1. The number of benzene rings is 2. The first-order valence-corrected chi connectivity index (χ1v) is 8.79. The Hall–Kier alpha value is -2.99. The van der Waals surface area contributed by atoms with Crippen molar-refractivity contribution >= 4 is 5.91 Å². The zero-order chi connectivity index (χ0) is 19.2. The predicted molar refractivity (Wildman–Crippen MR) is 103 cm³/mol. The summed E-state index contributed by atoms with van der Waals surface area (Å²) in [5.74, 6) is -0.481. The van der Waals surface area contributed by atoms with E-state index < -0.39 is 0 Å². The van der Waals surface area contributed by atoms with Crippen molar-refractivity contribution in [2.45, 2.75) is 12.6 Å². The molecule has 6 heteroatoms. The van der Waals surface area contributed by atoms with Gasteiger partial charge in [-0.15, -0.1) is 0 Å². The number of nitrogens with zero attached hydrogens (tertiary/aromatic N) is 3. The summed E-state index contributed by atoms with van der Waals surface area (Å²) in [5.41, 5.74) is 2.44. The van der Waals surface area contributed by atoms with E-state index >= 15 is 0 Å². The van der Waals surface area contributed by atoms with Crippen LogP contribution in [0.1, 0.15) is 27.5 Å². The maximum absolute atomic E-state index is 13.5. The van der Waals surface area contributed by atoms with Gasteiger partial charge in [-0.1, -0.05) is 42.5 Å². The zero-order valence-corrected chi connectivity index (χ0v) is 15.5. The fourth-order valence-electron chi connectivity index (χ4n) is 2.94. The van der Waals surface area contributed by atoms with Crippen molar-refractivity contribution < 1.29 is 9.18 Å². The van der Waals surface area contributed by atoms with Crippen LogP contribution in [-0.2, 0) is 6.54 Å². The summed E-state index contributed by atoms with van der Waals surface area (Å²) in [6, 6.07) is 16.3. The fourth-order valence-corrected chi connectivity index (χ4v) is 2.94. The van der Waals surface area contributed by atoms with E-state index in [1.54, 1.807) is 23.1 Å². The Morgan fingerprint density at radius 3 is 2.67 bits per heavy atom. The van der Waals surface area contributed by atoms with Crippen molar-refractivity contribution in [3.05, 3.63) is 89.5 Å². The van der Waals surface area contributed by atoms with Gasteiger partial charge in [0.1, 0.15) is 5.82 Å². The van der Waals surface area contributed by atoms with Gasteiger partial charge in [0.25, 0.3) is 5.91 Å². The van der Waals surface area contributed by atoms with Crippen LogP contribution in [0.4, 0.5) is 4.39 Å².